The molecular formula is C13H14Cl2FNO. The number of halogens is 3. The molecule has 1 aliphatic carbocycles. The van der Waals surface area contributed by atoms with Gasteiger partial charge in [-0.15, -0.1) is 11.6 Å². The maximum atomic E-state index is 13.5. The summed E-state index contributed by atoms with van der Waals surface area (Å²) in [6.45, 7) is 0.546. The van der Waals surface area contributed by atoms with Crippen molar-refractivity contribution >= 4 is 29.1 Å². The molecule has 2 nitrogen and oxygen atoms in total. The molecule has 0 heterocycles. The molecule has 2 rings (SSSR count). The second-order valence-electron chi connectivity index (χ2n) is 4.75. The van der Waals surface area contributed by atoms with Crippen molar-refractivity contribution < 1.29 is 9.18 Å². The first kappa shape index (κ1) is 13.6. The van der Waals surface area contributed by atoms with Gasteiger partial charge in [0.15, 0.2) is 0 Å². The Morgan fingerprint density at radius 3 is 2.78 bits per heavy atom. The Hall–Kier alpha value is -0.800. The number of alkyl halides is 1. The van der Waals surface area contributed by atoms with E-state index in [1.54, 1.807) is 0 Å². The highest BCUT2D eigenvalue weighted by Crippen LogP contribution is 2.48. The number of hydrogen-bond donors (Lipinski definition) is 1. The summed E-state index contributed by atoms with van der Waals surface area (Å²) in [5.74, 6) is -0.392. The van der Waals surface area contributed by atoms with E-state index < -0.39 is 11.7 Å². The van der Waals surface area contributed by atoms with Gasteiger partial charge >= 0.3 is 0 Å². The lowest BCUT2D eigenvalue weighted by Gasteiger charge is -2.14. The van der Waals surface area contributed by atoms with Gasteiger partial charge in [-0.3, -0.25) is 4.79 Å². The fourth-order valence-corrected chi connectivity index (χ4v) is 2.50. The molecule has 0 radical (unpaired) electrons. The molecule has 1 saturated carbocycles. The second-order valence-corrected chi connectivity index (χ2v) is 5.56. The third kappa shape index (κ3) is 3.15. The molecule has 98 valence electrons. The van der Waals surface area contributed by atoms with Crippen LogP contribution >= 0.6 is 23.2 Å². The number of carbonyl (C=O) groups is 1. The summed E-state index contributed by atoms with van der Waals surface area (Å²) in [6.07, 6.45) is 3.02. The van der Waals surface area contributed by atoms with Crippen LogP contribution in [0.1, 0.15) is 29.6 Å². The van der Waals surface area contributed by atoms with Crippen LogP contribution in [-0.2, 0) is 0 Å². The van der Waals surface area contributed by atoms with Gasteiger partial charge in [0.2, 0.25) is 0 Å². The fourth-order valence-electron chi connectivity index (χ4n) is 1.93. The Morgan fingerprint density at radius 2 is 2.17 bits per heavy atom. The molecule has 0 aliphatic heterocycles. The summed E-state index contributed by atoms with van der Waals surface area (Å²) >= 11 is 11.5. The average Bonchev–Trinajstić information content (AvgIpc) is 3.10. The van der Waals surface area contributed by atoms with E-state index >= 15 is 0 Å². The quantitative estimate of drug-likeness (QED) is 0.824. The zero-order valence-corrected chi connectivity index (χ0v) is 11.3. The number of nitrogens with one attached hydrogen (secondary N) is 1. The standard InChI is InChI=1S/C13H14Cl2FNO/c14-6-5-13(3-4-13)8-17-12(18)10-7-9(15)1-2-11(10)16/h1-2,7H,3-6,8H2,(H,17,18). The van der Waals surface area contributed by atoms with Gasteiger partial charge in [0, 0.05) is 17.4 Å². The van der Waals surface area contributed by atoms with Gasteiger partial charge in [0.05, 0.1) is 5.56 Å². The molecular weight excluding hydrogens is 276 g/mol. The van der Waals surface area contributed by atoms with Gasteiger partial charge in [-0.25, -0.2) is 4.39 Å². The maximum Gasteiger partial charge on any atom is 0.254 e. The summed E-state index contributed by atoms with van der Waals surface area (Å²) < 4.78 is 13.5. The molecule has 1 aliphatic rings. The van der Waals surface area contributed by atoms with Gasteiger partial charge in [-0.1, -0.05) is 11.6 Å². The minimum Gasteiger partial charge on any atom is -0.351 e. The molecule has 18 heavy (non-hydrogen) atoms. The third-order valence-electron chi connectivity index (χ3n) is 3.38. The van der Waals surface area contributed by atoms with E-state index in [4.69, 9.17) is 23.2 Å². The first-order valence-electron chi connectivity index (χ1n) is 5.86. The molecule has 1 aromatic carbocycles. The van der Waals surface area contributed by atoms with Crippen molar-refractivity contribution in [1.29, 1.82) is 0 Å². The Kier molecular flexibility index (Phi) is 4.13. The lowest BCUT2D eigenvalue weighted by atomic mass is 10.0. The first-order valence-corrected chi connectivity index (χ1v) is 6.77. The van der Waals surface area contributed by atoms with Crippen LogP contribution in [0.5, 0.6) is 0 Å². The van der Waals surface area contributed by atoms with Gasteiger partial charge in [-0.05, 0) is 42.9 Å². The monoisotopic (exact) mass is 289 g/mol. The van der Waals surface area contributed by atoms with Crippen LogP contribution < -0.4 is 5.32 Å². The van der Waals surface area contributed by atoms with Gasteiger partial charge < -0.3 is 5.32 Å². The summed E-state index contributed by atoms with van der Waals surface area (Å²) in [6, 6.07) is 3.96. The van der Waals surface area contributed by atoms with Gasteiger partial charge in [-0.2, -0.15) is 0 Å². The second kappa shape index (κ2) is 5.45. The van der Waals surface area contributed by atoms with Crippen LogP contribution in [0.2, 0.25) is 5.02 Å². The summed E-state index contributed by atoms with van der Waals surface area (Å²) in [5, 5.41) is 3.11. The van der Waals surface area contributed by atoms with Crippen molar-refractivity contribution in [2.45, 2.75) is 19.3 Å². The van der Waals surface area contributed by atoms with Crippen molar-refractivity contribution in [2.24, 2.45) is 5.41 Å². The number of benzene rings is 1. The Labute approximate surface area is 115 Å². The number of hydrogen-bond acceptors (Lipinski definition) is 1. The van der Waals surface area contributed by atoms with Crippen molar-refractivity contribution in [1.82, 2.24) is 5.32 Å². The van der Waals surface area contributed by atoms with Gasteiger partial charge in [0.1, 0.15) is 5.82 Å². The predicted octanol–water partition coefficient (Wildman–Crippen LogP) is 3.62. The van der Waals surface area contributed by atoms with Crippen LogP contribution in [0.4, 0.5) is 4.39 Å². The Balaban J connectivity index is 1.98. The van der Waals surface area contributed by atoms with E-state index in [-0.39, 0.29) is 11.0 Å². The van der Waals surface area contributed by atoms with Crippen molar-refractivity contribution in [3.05, 3.63) is 34.6 Å². The van der Waals surface area contributed by atoms with Crippen LogP contribution in [0.3, 0.4) is 0 Å². The fraction of sp³-hybridized carbons (Fsp3) is 0.462. The molecule has 1 fully saturated rings. The van der Waals surface area contributed by atoms with Crippen LogP contribution in [-0.4, -0.2) is 18.3 Å². The summed E-state index contributed by atoms with van der Waals surface area (Å²) in [5.41, 5.74) is 0.121. The number of carbonyl (C=O) groups excluding carboxylic acids is 1. The van der Waals surface area contributed by atoms with E-state index in [1.807, 2.05) is 0 Å². The molecule has 1 amide bonds. The highest BCUT2D eigenvalue weighted by Gasteiger charge is 2.41. The van der Waals surface area contributed by atoms with Crippen molar-refractivity contribution in [3.8, 4) is 0 Å². The molecule has 5 heteroatoms. The molecule has 0 atom stereocenters. The summed E-state index contributed by atoms with van der Waals surface area (Å²) in [7, 11) is 0. The SMILES string of the molecule is O=C(NCC1(CCCl)CC1)c1cc(Cl)ccc1F. The number of amides is 1. The lowest BCUT2D eigenvalue weighted by molar-refractivity contribution is 0.0940. The number of rotatable bonds is 5. The minimum atomic E-state index is -0.556. The third-order valence-corrected chi connectivity index (χ3v) is 3.80. The minimum absolute atomic E-state index is 0.0100. The highest BCUT2D eigenvalue weighted by molar-refractivity contribution is 6.31. The normalized spacial score (nSPS) is 16.4. The van der Waals surface area contributed by atoms with Gasteiger partial charge in [0.25, 0.3) is 5.91 Å². The maximum absolute atomic E-state index is 13.5. The molecule has 0 bridgehead atoms. The van der Waals surface area contributed by atoms with E-state index in [1.165, 1.54) is 18.2 Å². The van der Waals surface area contributed by atoms with Crippen molar-refractivity contribution in [2.75, 3.05) is 12.4 Å². The van der Waals surface area contributed by atoms with Crippen molar-refractivity contribution in [3.63, 3.8) is 0 Å². The zero-order chi connectivity index (χ0) is 13.2. The predicted molar refractivity (Wildman–Crippen MR) is 70.7 cm³/mol. The molecule has 0 spiro atoms. The van der Waals surface area contributed by atoms with E-state index in [2.05, 4.69) is 5.32 Å². The van der Waals surface area contributed by atoms with E-state index in [9.17, 15) is 9.18 Å². The van der Waals surface area contributed by atoms with Crippen LogP contribution in [0.15, 0.2) is 18.2 Å². The summed E-state index contributed by atoms with van der Waals surface area (Å²) in [4.78, 5) is 11.9. The van der Waals surface area contributed by atoms with E-state index in [0.29, 0.717) is 17.4 Å². The lowest BCUT2D eigenvalue weighted by Crippen LogP contribution is -2.31. The highest BCUT2D eigenvalue weighted by atomic mass is 35.5. The topological polar surface area (TPSA) is 29.1 Å². The largest absolute Gasteiger partial charge is 0.351 e. The average molecular weight is 290 g/mol. The first-order chi connectivity index (χ1) is 8.56. The smallest absolute Gasteiger partial charge is 0.254 e. The zero-order valence-electron chi connectivity index (χ0n) is 9.81. The van der Waals surface area contributed by atoms with E-state index in [0.717, 1.165) is 19.3 Å². The molecule has 0 saturated heterocycles. The molecule has 1 N–H and O–H groups in total. The Morgan fingerprint density at radius 1 is 1.44 bits per heavy atom. The molecule has 0 aromatic heterocycles. The van der Waals surface area contributed by atoms with Crippen LogP contribution in [0, 0.1) is 11.2 Å². The Bertz CT molecular complexity index is 460. The molecule has 0 unspecified atom stereocenters. The van der Waals surface area contributed by atoms with Crippen LogP contribution in [0.25, 0.3) is 0 Å². The molecule has 1 aromatic rings.